The molecule has 2 atom stereocenters. The van der Waals surface area contributed by atoms with Crippen LogP contribution in [-0.4, -0.2) is 54.1 Å². The van der Waals surface area contributed by atoms with Crippen molar-refractivity contribution in [2.75, 3.05) is 38.2 Å². The van der Waals surface area contributed by atoms with Crippen molar-refractivity contribution in [3.05, 3.63) is 47.0 Å². The Morgan fingerprint density at radius 1 is 1.13 bits per heavy atom. The van der Waals surface area contributed by atoms with Crippen molar-refractivity contribution in [3.63, 3.8) is 0 Å². The summed E-state index contributed by atoms with van der Waals surface area (Å²) in [6.07, 6.45) is 14.2. The van der Waals surface area contributed by atoms with Crippen LogP contribution in [-0.2, 0) is 11.2 Å². The highest BCUT2D eigenvalue weighted by Crippen LogP contribution is 2.49. The monoisotopic (exact) mass is 542 g/mol. The lowest BCUT2D eigenvalue weighted by atomic mass is 9.89. The van der Waals surface area contributed by atoms with Crippen LogP contribution in [0.5, 0.6) is 5.75 Å². The van der Waals surface area contributed by atoms with Gasteiger partial charge in [-0.2, -0.15) is 0 Å². The SMILES string of the molecule is CN(CC1CCCCC1)C(=O)Cc1ccc(OCC[C@@H]2C[C@@H]2C2CCN(c3ncc(Cl)cn3)CC2)cc1F. The van der Waals surface area contributed by atoms with Crippen LogP contribution in [0.1, 0.15) is 63.4 Å². The Hall–Kier alpha value is -2.41. The largest absolute Gasteiger partial charge is 0.493 e. The first-order valence-electron chi connectivity index (χ1n) is 14.3. The molecule has 1 amide bonds. The lowest BCUT2D eigenvalue weighted by Gasteiger charge is -2.32. The summed E-state index contributed by atoms with van der Waals surface area (Å²) in [7, 11) is 1.84. The van der Waals surface area contributed by atoms with E-state index in [9.17, 15) is 9.18 Å². The maximum atomic E-state index is 14.7. The maximum Gasteiger partial charge on any atom is 0.226 e. The molecule has 0 unspecified atom stereocenters. The van der Waals surface area contributed by atoms with Crippen LogP contribution in [0, 0.1) is 29.5 Å². The first-order valence-corrected chi connectivity index (χ1v) is 14.7. The van der Waals surface area contributed by atoms with Crippen molar-refractivity contribution >= 4 is 23.5 Å². The summed E-state index contributed by atoms with van der Waals surface area (Å²) < 4.78 is 20.6. The van der Waals surface area contributed by atoms with Crippen molar-refractivity contribution in [2.24, 2.45) is 23.7 Å². The molecule has 0 N–H and O–H groups in total. The number of piperidine rings is 1. The summed E-state index contributed by atoms with van der Waals surface area (Å²) in [5, 5.41) is 0.563. The third kappa shape index (κ3) is 7.16. The number of amides is 1. The molecule has 5 rings (SSSR count). The van der Waals surface area contributed by atoms with E-state index in [4.69, 9.17) is 16.3 Å². The van der Waals surface area contributed by atoms with Gasteiger partial charge in [-0.05, 0) is 73.8 Å². The minimum atomic E-state index is -0.359. The Kier molecular flexibility index (Phi) is 9.03. The number of carbonyl (C=O) groups is 1. The third-order valence-electron chi connectivity index (χ3n) is 8.82. The van der Waals surface area contributed by atoms with E-state index in [0.717, 1.165) is 56.7 Å². The summed E-state index contributed by atoms with van der Waals surface area (Å²) >= 11 is 5.90. The van der Waals surface area contributed by atoms with E-state index in [1.807, 2.05) is 7.05 Å². The third-order valence-corrected chi connectivity index (χ3v) is 9.01. The summed E-state index contributed by atoms with van der Waals surface area (Å²) in [6, 6.07) is 4.93. The zero-order valence-electron chi connectivity index (χ0n) is 22.5. The molecule has 1 aromatic heterocycles. The molecule has 0 bridgehead atoms. The van der Waals surface area contributed by atoms with E-state index in [0.29, 0.717) is 34.8 Å². The van der Waals surface area contributed by atoms with Crippen LogP contribution in [0.15, 0.2) is 30.6 Å². The number of hydrogen-bond acceptors (Lipinski definition) is 5. The molecule has 1 saturated heterocycles. The van der Waals surface area contributed by atoms with Gasteiger partial charge < -0.3 is 14.5 Å². The highest BCUT2D eigenvalue weighted by Gasteiger charge is 2.43. The zero-order valence-corrected chi connectivity index (χ0v) is 23.2. The highest BCUT2D eigenvalue weighted by atomic mass is 35.5. The van der Waals surface area contributed by atoms with Gasteiger partial charge in [-0.25, -0.2) is 14.4 Å². The number of rotatable bonds is 10. The van der Waals surface area contributed by atoms with E-state index in [1.165, 1.54) is 44.6 Å². The molecule has 3 aliphatic rings. The van der Waals surface area contributed by atoms with Gasteiger partial charge in [0.05, 0.1) is 30.4 Å². The number of carbonyl (C=O) groups excluding carboxylic acids is 1. The standard InChI is InChI=1S/C30H40ClFN4O2/c1-35(20-21-5-3-2-4-6-21)29(37)16-24-7-8-26(17-28(24)32)38-14-11-23-15-27(23)22-9-12-36(13-10-22)30-33-18-25(31)19-34-30/h7-8,17-19,21-23,27H,2-6,9-16,20H2,1H3/t23-,27-/m1/s1. The number of halogens is 2. The fourth-order valence-electron chi connectivity index (χ4n) is 6.42. The van der Waals surface area contributed by atoms with Crippen molar-refractivity contribution in [3.8, 4) is 5.75 Å². The van der Waals surface area contributed by atoms with E-state index < -0.39 is 0 Å². The van der Waals surface area contributed by atoms with E-state index in [-0.39, 0.29) is 18.1 Å². The number of anilines is 1. The minimum absolute atomic E-state index is 0.0190. The Morgan fingerprint density at radius 2 is 1.87 bits per heavy atom. The maximum absolute atomic E-state index is 14.7. The minimum Gasteiger partial charge on any atom is -0.493 e. The molecule has 1 aliphatic heterocycles. The van der Waals surface area contributed by atoms with E-state index in [1.54, 1.807) is 29.4 Å². The normalized spacial score (nSPS) is 22.3. The quantitative estimate of drug-likeness (QED) is 0.359. The Labute approximate surface area is 230 Å². The van der Waals surface area contributed by atoms with Gasteiger partial charge in [0.25, 0.3) is 0 Å². The lowest BCUT2D eigenvalue weighted by molar-refractivity contribution is -0.129. The van der Waals surface area contributed by atoms with Crippen molar-refractivity contribution in [1.82, 2.24) is 14.9 Å². The van der Waals surface area contributed by atoms with Gasteiger partial charge in [0.15, 0.2) is 0 Å². The molecule has 2 heterocycles. The Morgan fingerprint density at radius 3 is 2.58 bits per heavy atom. The van der Waals surface area contributed by atoms with Crippen LogP contribution in [0.3, 0.4) is 0 Å². The smallest absolute Gasteiger partial charge is 0.226 e. The molecule has 6 nitrogen and oxygen atoms in total. The van der Waals surface area contributed by atoms with Gasteiger partial charge in [-0.1, -0.05) is 36.9 Å². The number of nitrogens with zero attached hydrogens (tertiary/aromatic N) is 4. The molecular formula is C30H40ClFN4O2. The fourth-order valence-corrected chi connectivity index (χ4v) is 6.52. The second-order valence-electron chi connectivity index (χ2n) is 11.5. The van der Waals surface area contributed by atoms with Crippen molar-refractivity contribution in [1.29, 1.82) is 0 Å². The second kappa shape index (κ2) is 12.6. The first kappa shape index (κ1) is 27.2. The van der Waals surface area contributed by atoms with Crippen LogP contribution in [0.2, 0.25) is 5.02 Å². The number of likely N-dealkylation sites (N-methyl/N-ethyl adjacent to an activating group) is 1. The van der Waals surface area contributed by atoms with Gasteiger partial charge in [0.2, 0.25) is 11.9 Å². The zero-order chi connectivity index (χ0) is 26.5. The van der Waals surface area contributed by atoms with Gasteiger partial charge in [0.1, 0.15) is 11.6 Å². The average Bonchev–Trinajstić information content (AvgIpc) is 3.71. The second-order valence-corrected chi connectivity index (χ2v) is 12.0. The summed E-state index contributed by atoms with van der Waals surface area (Å²) in [6.45, 7) is 3.34. The lowest BCUT2D eigenvalue weighted by Crippen LogP contribution is -2.35. The number of hydrogen-bond donors (Lipinski definition) is 0. The van der Waals surface area contributed by atoms with Gasteiger partial charge in [0, 0.05) is 32.7 Å². The molecule has 0 spiro atoms. The molecule has 2 saturated carbocycles. The van der Waals surface area contributed by atoms with Crippen LogP contribution in [0.4, 0.5) is 10.3 Å². The molecule has 1 aromatic carbocycles. The van der Waals surface area contributed by atoms with Crippen LogP contribution < -0.4 is 9.64 Å². The van der Waals surface area contributed by atoms with Crippen molar-refractivity contribution < 1.29 is 13.9 Å². The van der Waals surface area contributed by atoms with E-state index >= 15 is 0 Å². The molecule has 0 radical (unpaired) electrons. The average molecular weight is 543 g/mol. The fraction of sp³-hybridized carbons (Fsp3) is 0.633. The van der Waals surface area contributed by atoms with Crippen LogP contribution >= 0.6 is 11.6 Å². The molecule has 8 heteroatoms. The predicted octanol–water partition coefficient (Wildman–Crippen LogP) is 6.17. The summed E-state index contributed by atoms with van der Waals surface area (Å²) in [5.74, 6) is 3.72. The van der Waals surface area contributed by atoms with Gasteiger partial charge in [-0.3, -0.25) is 4.79 Å². The first-order chi connectivity index (χ1) is 18.5. The summed E-state index contributed by atoms with van der Waals surface area (Å²) in [5.41, 5.74) is 0.440. The number of aromatic nitrogens is 2. The number of ether oxygens (including phenoxy) is 1. The molecular weight excluding hydrogens is 503 g/mol. The molecule has 3 fully saturated rings. The molecule has 2 aliphatic carbocycles. The molecule has 38 heavy (non-hydrogen) atoms. The predicted molar refractivity (Wildman–Crippen MR) is 148 cm³/mol. The van der Waals surface area contributed by atoms with E-state index in [2.05, 4.69) is 14.9 Å². The molecule has 206 valence electrons. The van der Waals surface area contributed by atoms with Crippen LogP contribution in [0.25, 0.3) is 0 Å². The Balaban J connectivity index is 1.00. The topological polar surface area (TPSA) is 58.6 Å². The van der Waals surface area contributed by atoms with Gasteiger partial charge in [-0.15, -0.1) is 0 Å². The highest BCUT2D eigenvalue weighted by molar-refractivity contribution is 6.30. The number of benzene rings is 1. The molecule has 2 aromatic rings. The Bertz CT molecular complexity index is 1070. The summed E-state index contributed by atoms with van der Waals surface area (Å²) in [4.78, 5) is 25.4. The van der Waals surface area contributed by atoms with Gasteiger partial charge >= 0.3 is 0 Å². The van der Waals surface area contributed by atoms with Crippen molar-refractivity contribution in [2.45, 2.75) is 64.2 Å².